The summed E-state index contributed by atoms with van der Waals surface area (Å²) >= 11 is 7.49. The van der Waals surface area contributed by atoms with Crippen LogP contribution in [0.1, 0.15) is 5.56 Å². The molecule has 0 unspecified atom stereocenters. The molecule has 1 N–H and O–H groups in total. The number of thioether (sulfide) groups is 1. The third-order valence-corrected chi connectivity index (χ3v) is 4.08. The zero-order valence-electron chi connectivity index (χ0n) is 10.8. The molecule has 2 aromatic rings. The minimum atomic E-state index is -0.387. The zero-order chi connectivity index (χ0) is 14.5. The maximum absolute atomic E-state index is 10.9. The van der Waals surface area contributed by atoms with Crippen LogP contribution in [0.25, 0.3) is 0 Å². The topological polar surface area (TPSA) is 55.2 Å². The molecule has 0 spiro atoms. The highest BCUT2D eigenvalue weighted by Gasteiger charge is 2.12. The van der Waals surface area contributed by atoms with Gasteiger partial charge in [0, 0.05) is 28.8 Å². The molecule has 0 amide bonds. The molecule has 6 heteroatoms. The fraction of sp³-hybridized carbons (Fsp3) is 0.143. The quantitative estimate of drug-likeness (QED) is 0.499. The van der Waals surface area contributed by atoms with Crippen LogP contribution in [-0.4, -0.2) is 12.0 Å². The molecule has 0 radical (unpaired) electrons. The highest BCUT2D eigenvalue weighted by atomic mass is 35.5. The molecule has 0 aliphatic rings. The molecular weight excluding hydrogens is 296 g/mol. The van der Waals surface area contributed by atoms with E-state index in [0.29, 0.717) is 10.7 Å². The molecule has 2 aromatic carbocycles. The normalized spacial score (nSPS) is 10.3. The summed E-state index contributed by atoms with van der Waals surface area (Å²) in [5.41, 5.74) is 1.65. The van der Waals surface area contributed by atoms with Gasteiger partial charge in [-0.3, -0.25) is 10.1 Å². The molecule has 0 fully saturated rings. The van der Waals surface area contributed by atoms with Gasteiger partial charge in [-0.2, -0.15) is 0 Å². The first-order chi connectivity index (χ1) is 9.60. The van der Waals surface area contributed by atoms with Crippen LogP contribution in [0.4, 0.5) is 11.4 Å². The summed E-state index contributed by atoms with van der Waals surface area (Å²) in [6, 6.07) is 12.7. The van der Waals surface area contributed by atoms with Crippen molar-refractivity contribution in [1.82, 2.24) is 0 Å². The molecule has 104 valence electrons. The summed E-state index contributed by atoms with van der Waals surface area (Å²) in [7, 11) is 1.68. The first kappa shape index (κ1) is 14.7. The van der Waals surface area contributed by atoms with Gasteiger partial charge in [0.15, 0.2) is 0 Å². The Morgan fingerprint density at radius 3 is 2.55 bits per heavy atom. The number of hydrogen-bond acceptors (Lipinski definition) is 4. The van der Waals surface area contributed by atoms with Gasteiger partial charge in [-0.25, -0.2) is 0 Å². The first-order valence-corrected chi connectivity index (χ1v) is 7.30. The monoisotopic (exact) mass is 308 g/mol. The predicted molar refractivity (Wildman–Crippen MR) is 83.7 cm³/mol. The van der Waals surface area contributed by atoms with Gasteiger partial charge in [0.2, 0.25) is 0 Å². The average Bonchev–Trinajstić information content (AvgIpc) is 2.46. The number of nitro benzene ring substituents is 1. The third-order valence-electron chi connectivity index (χ3n) is 2.75. The van der Waals surface area contributed by atoms with Gasteiger partial charge in [0.25, 0.3) is 5.69 Å². The van der Waals surface area contributed by atoms with Crippen LogP contribution in [0.3, 0.4) is 0 Å². The summed E-state index contributed by atoms with van der Waals surface area (Å²) in [5, 5.41) is 14.4. The van der Waals surface area contributed by atoms with Gasteiger partial charge in [0.05, 0.1) is 4.92 Å². The van der Waals surface area contributed by atoms with Crippen molar-refractivity contribution in [3.63, 3.8) is 0 Å². The lowest BCUT2D eigenvalue weighted by Gasteiger charge is -2.06. The third kappa shape index (κ3) is 3.65. The van der Waals surface area contributed by atoms with Crippen LogP contribution in [0.2, 0.25) is 5.02 Å². The van der Waals surface area contributed by atoms with E-state index in [9.17, 15) is 10.1 Å². The van der Waals surface area contributed by atoms with Crippen molar-refractivity contribution in [1.29, 1.82) is 0 Å². The fourth-order valence-electron chi connectivity index (χ4n) is 1.73. The van der Waals surface area contributed by atoms with Gasteiger partial charge >= 0.3 is 0 Å². The second-order valence-electron chi connectivity index (χ2n) is 4.10. The number of halogens is 1. The second kappa shape index (κ2) is 6.63. The van der Waals surface area contributed by atoms with E-state index in [1.165, 1.54) is 6.07 Å². The van der Waals surface area contributed by atoms with E-state index in [4.69, 9.17) is 11.6 Å². The zero-order valence-corrected chi connectivity index (χ0v) is 12.4. The van der Waals surface area contributed by atoms with Gasteiger partial charge in [-0.05, 0) is 35.9 Å². The molecule has 20 heavy (non-hydrogen) atoms. The van der Waals surface area contributed by atoms with Gasteiger partial charge in [-0.15, -0.1) is 11.8 Å². The number of rotatable bonds is 5. The Labute approximate surface area is 126 Å². The lowest BCUT2D eigenvalue weighted by molar-refractivity contribution is -0.383. The van der Waals surface area contributed by atoms with Gasteiger partial charge in [-0.1, -0.05) is 17.7 Å². The van der Waals surface area contributed by atoms with Crippen LogP contribution in [0.5, 0.6) is 0 Å². The smallest absolute Gasteiger partial charge is 0.292 e. The van der Waals surface area contributed by atoms with Crippen LogP contribution >= 0.6 is 23.4 Å². The molecule has 0 bridgehead atoms. The minimum absolute atomic E-state index is 0.0905. The van der Waals surface area contributed by atoms with Crippen molar-refractivity contribution in [2.45, 2.75) is 10.6 Å². The summed E-state index contributed by atoms with van der Waals surface area (Å²) in [6.07, 6.45) is 0. The standard InChI is InChI=1S/C14H13ClN2O2S/c1-16-13-8-10(2-7-14(13)17(18)19)9-20-12-5-3-11(15)4-6-12/h2-8,16H,9H2,1H3. The van der Waals surface area contributed by atoms with E-state index < -0.39 is 0 Å². The fourth-order valence-corrected chi connectivity index (χ4v) is 2.70. The number of benzene rings is 2. The maximum atomic E-state index is 10.9. The molecule has 0 atom stereocenters. The van der Waals surface area contributed by atoms with E-state index in [0.717, 1.165) is 16.2 Å². The highest BCUT2D eigenvalue weighted by molar-refractivity contribution is 7.98. The Morgan fingerprint density at radius 1 is 1.25 bits per heavy atom. The molecular formula is C14H13ClN2O2S. The Bertz CT molecular complexity index is 617. The number of nitrogens with zero attached hydrogens (tertiary/aromatic N) is 1. The van der Waals surface area contributed by atoms with Crippen LogP contribution in [-0.2, 0) is 5.75 Å². The van der Waals surface area contributed by atoms with E-state index in [1.54, 1.807) is 30.9 Å². The molecule has 4 nitrogen and oxygen atoms in total. The van der Waals surface area contributed by atoms with Gasteiger partial charge < -0.3 is 5.32 Å². The van der Waals surface area contributed by atoms with Crippen molar-refractivity contribution in [2.75, 3.05) is 12.4 Å². The lowest BCUT2D eigenvalue weighted by Crippen LogP contribution is -1.97. The number of hydrogen-bond donors (Lipinski definition) is 1. The minimum Gasteiger partial charge on any atom is -0.383 e. The number of nitrogens with one attached hydrogen (secondary N) is 1. The molecule has 0 heterocycles. The number of nitro groups is 1. The van der Waals surface area contributed by atoms with Crippen LogP contribution < -0.4 is 5.32 Å². The van der Waals surface area contributed by atoms with Crippen molar-refractivity contribution < 1.29 is 4.92 Å². The molecule has 2 rings (SSSR count). The summed E-state index contributed by atoms with van der Waals surface area (Å²) in [6.45, 7) is 0. The van der Waals surface area contributed by atoms with Crippen molar-refractivity contribution in [2.24, 2.45) is 0 Å². The second-order valence-corrected chi connectivity index (χ2v) is 5.59. The summed E-state index contributed by atoms with van der Waals surface area (Å²) in [5.74, 6) is 0.744. The molecule has 0 aliphatic heterocycles. The van der Waals surface area contributed by atoms with Crippen LogP contribution in [0, 0.1) is 10.1 Å². The lowest BCUT2D eigenvalue weighted by atomic mass is 10.2. The van der Waals surface area contributed by atoms with Crippen LogP contribution in [0.15, 0.2) is 47.4 Å². The SMILES string of the molecule is CNc1cc(CSc2ccc(Cl)cc2)ccc1[N+](=O)[O-]. The molecule has 0 aromatic heterocycles. The predicted octanol–water partition coefficient (Wildman–Crippen LogP) is 4.58. The Morgan fingerprint density at radius 2 is 1.95 bits per heavy atom. The maximum Gasteiger partial charge on any atom is 0.292 e. The van der Waals surface area contributed by atoms with Crippen molar-refractivity contribution >= 4 is 34.7 Å². The largest absolute Gasteiger partial charge is 0.383 e. The van der Waals surface area contributed by atoms with Gasteiger partial charge in [0.1, 0.15) is 5.69 Å². The highest BCUT2D eigenvalue weighted by Crippen LogP contribution is 2.29. The number of anilines is 1. The Balaban J connectivity index is 2.10. The van der Waals surface area contributed by atoms with Crippen molar-refractivity contribution in [3.05, 3.63) is 63.2 Å². The van der Waals surface area contributed by atoms with E-state index in [2.05, 4.69) is 5.32 Å². The molecule has 0 saturated carbocycles. The van der Waals surface area contributed by atoms with E-state index in [1.807, 2.05) is 24.3 Å². The van der Waals surface area contributed by atoms with Crippen molar-refractivity contribution in [3.8, 4) is 0 Å². The van der Waals surface area contributed by atoms with E-state index >= 15 is 0 Å². The Kier molecular flexibility index (Phi) is 4.87. The average molecular weight is 309 g/mol. The van der Waals surface area contributed by atoms with E-state index in [-0.39, 0.29) is 10.6 Å². The molecule has 0 saturated heterocycles. The summed E-state index contributed by atoms with van der Waals surface area (Å²) < 4.78 is 0. The Hall–Kier alpha value is -1.72. The first-order valence-electron chi connectivity index (χ1n) is 5.93. The molecule has 0 aliphatic carbocycles. The summed E-state index contributed by atoms with van der Waals surface area (Å²) in [4.78, 5) is 11.6.